The van der Waals surface area contributed by atoms with Crippen molar-refractivity contribution < 1.29 is 13.6 Å². The molecule has 186 valence electrons. The van der Waals surface area contributed by atoms with Crippen molar-refractivity contribution in [3.05, 3.63) is 12.7 Å². The summed E-state index contributed by atoms with van der Waals surface area (Å²) in [5.41, 5.74) is 7.40. The van der Waals surface area contributed by atoms with Gasteiger partial charge in [-0.2, -0.15) is 0 Å². The molecular weight excluding hydrogens is 450 g/mol. The Morgan fingerprint density at radius 2 is 1.55 bits per heavy atom. The lowest BCUT2D eigenvalue weighted by Crippen LogP contribution is -2.46. The summed E-state index contributed by atoms with van der Waals surface area (Å²) in [6.07, 6.45) is 3.25. The fraction of sp³-hybridized carbons (Fsp3) is 0.783. The van der Waals surface area contributed by atoms with E-state index in [1.54, 1.807) is 6.33 Å². The summed E-state index contributed by atoms with van der Waals surface area (Å²) in [5.74, 6) is 0.516. The molecule has 2 N–H and O–H groups in total. The molecule has 3 rings (SSSR count). The highest BCUT2D eigenvalue weighted by Crippen LogP contribution is 2.41. The van der Waals surface area contributed by atoms with Gasteiger partial charge in [0.1, 0.15) is 11.8 Å². The summed E-state index contributed by atoms with van der Waals surface area (Å²) in [6.45, 7) is 24.5. The smallest absolute Gasteiger partial charge is 0.192 e. The maximum Gasteiger partial charge on any atom is 0.192 e. The van der Waals surface area contributed by atoms with Crippen LogP contribution < -0.4 is 5.73 Å². The van der Waals surface area contributed by atoms with Crippen molar-refractivity contribution in [2.24, 2.45) is 5.92 Å². The average molecular weight is 494 g/mol. The maximum absolute atomic E-state index is 6.69. The van der Waals surface area contributed by atoms with Crippen LogP contribution in [0.25, 0.3) is 11.2 Å². The number of nitrogens with zero attached hydrogens (tertiary/aromatic N) is 4. The first-order valence-electron chi connectivity index (χ1n) is 11.9. The van der Waals surface area contributed by atoms with E-state index in [1.807, 2.05) is 0 Å². The normalized spacial score (nSPS) is 22.9. The van der Waals surface area contributed by atoms with Crippen molar-refractivity contribution in [3.8, 4) is 0 Å². The number of aromatic nitrogens is 4. The summed E-state index contributed by atoms with van der Waals surface area (Å²) in [5, 5.41) is 0.283. The van der Waals surface area contributed by atoms with E-state index in [2.05, 4.69) is 87.2 Å². The van der Waals surface area contributed by atoms with E-state index in [-0.39, 0.29) is 28.1 Å². The van der Waals surface area contributed by atoms with E-state index >= 15 is 0 Å². The minimum absolute atomic E-state index is 0.0436. The Labute approximate surface area is 200 Å². The second kappa shape index (κ2) is 9.03. The first kappa shape index (κ1) is 26.3. The van der Waals surface area contributed by atoms with Gasteiger partial charge in [-0.3, -0.25) is 0 Å². The molecule has 1 saturated heterocycles. The lowest BCUT2D eigenvalue weighted by atomic mass is 9.98. The number of anilines is 1. The second-order valence-corrected chi connectivity index (χ2v) is 21.9. The minimum atomic E-state index is -1.93. The zero-order valence-corrected chi connectivity index (χ0v) is 24.1. The molecule has 1 aliphatic rings. The number of rotatable bonds is 7. The van der Waals surface area contributed by atoms with Gasteiger partial charge in [0.2, 0.25) is 0 Å². The van der Waals surface area contributed by atoms with Gasteiger partial charge in [-0.15, -0.1) is 0 Å². The molecule has 0 unspecified atom stereocenters. The molecular formula is C23H43N5O3Si2. The number of ether oxygens (including phenoxy) is 1. The summed E-state index contributed by atoms with van der Waals surface area (Å²) in [4.78, 5) is 13.0. The number of nitrogen functional groups attached to an aromatic ring is 1. The van der Waals surface area contributed by atoms with Gasteiger partial charge in [0.15, 0.2) is 28.1 Å². The second-order valence-electron chi connectivity index (χ2n) is 12.3. The van der Waals surface area contributed by atoms with Gasteiger partial charge in [-0.1, -0.05) is 41.5 Å². The zero-order chi connectivity index (χ0) is 24.8. The van der Waals surface area contributed by atoms with E-state index in [9.17, 15) is 0 Å². The van der Waals surface area contributed by atoms with Crippen LogP contribution in [0.3, 0.4) is 0 Å². The third kappa shape index (κ3) is 5.34. The molecule has 33 heavy (non-hydrogen) atoms. The lowest BCUT2D eigenvalue weighted by molar-refractivity contribution is 0.0319. The SMILES string of the molecule is CC(C)(C)[Si](C)(C)OC[C@H]1[C@H](CO[Si](C)(C)C(C)(C)C)OC[C@@H]1n1cnc2c(N)ncnc21. The van der Waals surface area contributed by atoms with E-state index in [0.717, 1.165) is 5.65 Å². The van der Waals surface area contributed by atoms with Gasteiger partial charge in [-0.05, 0) is 36.3 Å². The summed E-state index contributed by atoms with van der Waals surface area (Å²) in [7, 11) is -3.83. The van der Waals surface area contributed by atoms with E-state index in [1.165, 1.54) is 6.33 Å². The average Bonchev–Trinajstić information content (AvgIpc) is 3.27. The van der Waals surface area contributed by atoms with Crippen LogP contribution in [0.15, 0.2) is 12.7 Å². The number of imidazole rings is 1. The van der Waals surface area contributed by atoms with Crippen molar-refractivity contribution in [3.63, 3.8) is 0 Å². The lowest BCUT2D eigenvalue weighted by Gasteiger charge is -2.39. The molecule has 2 aromatic rings. The molecule has 0 spiro atoms. The van der Waals surface area contributed by atoms with Gasteiger partial charge in [-0.25, -0.2) is 15.0 Å². The van der Waals surface area contributed by atoms with Crippen molar-refractivity contribution in [1.29, 1.82) is 0 Å². The topological polar surface area (TPSA) is 97.3 Å². The molecule has 1 fully saturated rings. The highest BCUT2D eigenvalue weighted by atomic mass is 28.4. The van der Waals surface area contributed by atoms with Crippen LogP contribution in [-0.2, 0) is 13.6 Å². The van der Waals surface area contributed by atoms with Gasteiger partial charge in [0.25, 0.3) is 0 Å². The molecule has 1 aliphatic heterocycles. The van der Waals surface area contributed by atoms with Crippen molar-refractivity contribution in [1.82, 2.24) is 19.5 Å². The monoisotopic (exact) mass is 493 g/mol. The predicted octanol–water partition coefficient (Wildman–Crippen LogP) is 5.01. The van der Waals surface area contributed by atoms with Crippen LogP contribution in [0.2, 0.25) is 36.3 Å². The Hall–Kier alpha value is -1.34. The third-order valence-corrected chi connectivity index (χ3v) is 17.1. The molecule has 0 amide bonds. The van der Waals surface area contributed by atoms with E-state index < -0.39 is 16.6 Å². The van der Waals surface area contributed by atoms with Gasteiger partial charge >= 0.3 is 0 Å². The zero-order valence-electron chi connectivity index (χ0n) is 22.1. The van der Waals surface area contributed by atoms with Crippen molar-refractivity contribution in [2.45, 2.75) is 90.0 Å². The molecule has 0 radical (unpaired) electrons. The van der Waals surface area contributed by atoms with E-state index in [4.69, 9.17) is 19.3 Å². The maximum atomic E-state index is 6.69. The minimum Gasteiger partial charge on any atom is -0.416 e. The summed E-state index contributed by atoms with van der Waals surface area (Å²) >= 11 is 0. The largest absolute Gasteiger partial charge is 0.416 e. The Balaban J connectivity index is 1.88. The van der Waals surface area contributed by atoms with Crippen LogP contribution >= 0.6 is 0 Å². The fourth-order valence-electron chi connectivity index (χ4n) is 3.53. The summed E-state index contributed by atoms with van der Waals surface area (Å²) in [6, 6.07) is 0.0436. The van der Waals surface area contributed by atoms with Crippen molar-refractivity contribution in [2.75, 3.05) is 25.6 Å². The molecule has 0 saturated carbocycles. The van der Waals surface area contributed by atoms with Gasteiger partial charge in [0.05, 0.1) is 31.7 Å². The molecule has 3 heterocycles. The van der Waals surface area contributed by atoms with Crippen LogP contribution in [0.1, 0.15) is 47.6 Å². The van der Waals surface area contributed by atoms with E-state index in [0.29, 0.717) is 31.2 Å². The Morgan fingerprint density at radius 3 is 2.12 bits per heavy atom. The molecule has 3 atom stereocenters. The standard InChI is InChI=1S/C23H43N5O3Si2/c1-22(2,3)32(7,8)30-11-16-17(28-15-27-19-20(24)25-14-26-21(19)28)12-29-18(16)13-31-33(9,10)23(4,5)6/h14-18H,11-13H2,1-10H3,(H2,24,25,26)/t16-,17+,18+/m1/s1. The molecule has 0 aliphatic carbocycles. The van der Waals surface area contributed by atoms with Crippen LogP contribution in [0.5, 0.6) is 0 Å². The molecule has 8 nitrogen and oxygen atoms in total. The highest BCUT2D eigenvalue weighted by Gasteiger charge is 2.45. The van der Waals surface area contributed by atoms with Crippen LogP contribution in [0, 0.1) is 5.92 Å². The predicted molar refractivity (Wildman–Crippen MR) is 138 cm³/mol. The molecule has 0 aromatic carbocycles. The third-order valence-electron chi connectivity index (χ3n) is 8.05. The number of nitrogens with two attached hydrogens (primary N) is 1. The van der Waals surface area contributed by atoms with Gasteiger partial charge in [0, 0.05) is 12.5 Å². The number of hydrogen-bond donors (Lipinski definition) is 1. The Kier molecular flexibility index (Phi) is 7.19. The first-order valence-corrected chi connectivity index (χ1v) is 17.7. The Bertz CT molecular complexity index is 965. The van der Waals surface area contributed by atoms with Gasteiger partial charge < -0.3 is 23.9 Å². The Morgan fingerprint density at radius 1 is 0.970 bits per heavy atom. The highest BCUT2D eigenvalue weighted by molar-refractivity contribution is 6.74. The number of fused-ring (bicyclic) bond motifs is 1. The quantitative estimate of drug-likeness (QED) is 0.541. The first-order chi connectivity index (χ1) is 15.1. The molecule has 10 heteroatoms. The molecule has 0 bridgehead atoms. The molecule has 2 aromatic heterocycles. The van der Waals surface area contributed by atoms with Crippen molar-refractivity contribution >= 4 is 33.6 Å². The summed E-state index contributed by atoms with van der Waals surface area (Å²) < 4.78 is 21.7. The fourth-order valence-corrected chi connectivity index (χ4v) is 5.59. The number of hydrogen-bond acceptors (Lipinski definition) is 7. The van der Waals surface area contributed by atoms with Crippen LogP contribution in [0.4, 0.5) is 5.82 Å². The van der Waals surface area contributed by atoms with Crippen LogP contribution in [-0.4, -0.2) is 62.1 Å².